The summed E-state index contributed by atoms with van der Waals surface area (Å²) in [5.74, 6) is -0.426. The third-order valence-corrected chi connectivity index (χ3v) is 3.49. The van der Waals surface area contributed by atoms with Crippen molar-refractivity contribution in [2.75, 3.05) is 7.11 Å². The standard InChI is InChI=1S/C12H12BrClN2O2.ClH/c1-18-12(17)10(15)2-6-5-16-11-8(6)3-7(13)4-9(11)14;/h3-5,10,16H,2,15H2,1H3;1H. The van der Waals surface area contributed by atoms with E-state index in [0.29, 0.717) is 11.4 Å². The SMILES string of the molecule is COC(=O)C(N)Cc1c[nH]c2c(Cl)cc(Br)cc12.Cl. The van der Waals surface area contributed by atoms with Gasteiger partial charge in [-0.05, 0) is 17.7 Å². The average Bonchev–Trinajstić information content (AvgIpc) is 2.71. The van der Waals surface area contributed by atoms with Crippen LogP contribution >= 0.6 is 39.9 Å². The minimum Gasteiger partial charge on any atom is -0.468 e. The molecule has 0 spiro atoms. The highest BCUT2D eigenvalue weighted by Gasteiger charge is 2.17. The Hall–Kier alpha value is -0.750. The van der Waals surface area contributed by atoms with Gasteiger partial charge in [-0.2, -0.15) is 0 Å². The number of hydrogen-bond donors (Lipinski definition) is 2. The largest absolute Gasteiger partial charge is 0.468 e. The molecule has 0 fully saturated rings. The van der Waals surface area contributed by atoms with Crippen molar-refractivity contribution in [1.82, 2.24) is 4.98 Å². The number of nitrogens with one attached hydrogen (secondary N) is 1. The smallest absolute Gasteiger partial charge is 0.322 e. The zero-order chi connectivity index (χ0) is 13.3. The number of fused-ring (bicyclic) bond motifs is 1. The lowest BCUT2D eigenvalue weighted by Crippen LogP contribution is -2.33. The predicted octanol–water partition coefficient (Wildman–Crippen LogP) is 3.05. The monoisotopic (exact) mass is 366 g/mol. The van der Waals surface area contributed by atoms with E-state index in [1.165, 1.54) is 7.11 Å². The maximum absolute atomic E-state index is 11.3. The fourth-order valence-electron chi connectivity index (χ4n) is 1.85. The van der Waals surface area contributed by atoms with Gasteiger partial charge >= 0.3 is 5.97 Å². The van der Waals surface area contributed by atoms with Crippen molar-refractivity contribution < 1.29 is 9.53 Å². The van der Waals surface area contributed by atoms with Crippen LogP contribution < -0.4 is 5.73 Å². The first-order valence-corrected chi connectivity index (χ1v) is 6.48. The van der Waals surface area contributed by atoms with E-state index in [2.05, 4.69) is 25.7 Å². The topological polar surface area (TPSA) is 68.1 Å². The number of benzene rings is 1. The lowest BCUT2D eigenvalue weighted by atomic mass is 10.1. The molecule has 0 aliphatic carbocycles. The molecular formula is C12H13BrCl2N2O2. The van der Waals surface area contributed by atoms with Gasteiger partial charge in [0.25, 0.3) is 0 Å². The van der Waals surface area contributed by atoms with Crippen molar-refractivity contribution in [1.29, 1.82) is 0 Å². The fourth-order valence-corrected chi connectivity index (χ4v) is 2.71. The molecule has 0 radical (unpaired) electrons. The number of carbonyl (C=O) groups is 1. The van der Waals surface area contributed by atoms with E-state index < -0.39 is 12.0 Å². The molecule has 4 nitrogen and oxygen atoms in total. The fraction of sp³-hybridized carbons (Fsp3) is 0.250. The molecular weight excluding hydrogens is 355 g/mol. The first kappa shape index (κ1) is 16.3. The summed E-state index contributed by atoms with van der Waals surface area (Å²) in [5, 5.41) is 1.57. The molecule has 1 atom stereocenters. The Morgan fingerprint density at radius 3 is 2.89 bits per heavy atom. The summed E-state index contributed by atoms with van der Waals surface area (Å²) < 4.78 is 5.49. The van der Waals surface area contributed by atoms with Crippen molar-refractivity contribution in [3.8, 4) is 0 Å². The summed E-state index contributed by atoms with van der Waals surface area (Å²) in [4.78, 5) is 14.4. The Balaban J connectivity index is 0.00000180. The van der Waals surface area contributed by atoms with Crippen molar-refractivity contribution in [2.24, 2.45) is 5.73 Å². The van der Waals surface area contributed by atoms with Gasteiger partial charge in [0.05, 0.1) is 17.6 Å². The van der Waals surface area contributed by atoms with Crippen LogP contribution in [-0.2, 0) is 16.0 Å². The Morgan fingerprint density at radius 1 is 1.58 bits per heavy atom. The number of esters is 1. The van der Waals surface area contributed by atoms with Gasteiger partial charge in [0, 0.05) is 22.5 Å². The number of aromatic nitrogens is 1. The van der Waals surface area contributed by atoms with Gasteiger partial charge in [-0.1, -0.05) is 27.5 Å². The van der Waals surface area contributed by atoms with Crippen LogP contribution in [0.5, 0.6) is 0 Å². The van der Waals surface area contributed by atoms with Gasteiger partial charge in [-0.3, -0.25) is 4.79 Å². The minimum absolute atomic E-state index is 0. The van der Waals surface area contributed by atoms with Crippen LogP contribution in [0, 0.1) is 0 Å². The average molecular weight is 368 g/mol. The van der Waals surface area contributed by atoms with Crippen molar-refractivity contribution in [3.63, 3.8) is 0 Å². The van der Waals surface area contributed by atoms with E-state index in [0.717, 1.165) is 20.9 Å². The Morgan fingerprint density at radius 2 is 2.26 bits per heavy atom. The molecule has 0 bridgehead atoms. The molecule has 0 aliphatic heterocycles. The van der Waals surface area contributed by atoms with E-state index in [4.69, 9.17) is 17.3 Å². The summed E-state index contributed by atoms with van der Waals surface area (Å²) in [5.41, 5.74) is 7.53. The highest BCUT2D eigenvalue weighted by atomic mass is 79.9. The second-order valence-electron chi connectivity index (χ2n) is 3.96. The summed E-state index contributed by atoms with van der Waals surface area (Å²) >= 11 is 9.51. The zero-order valence-electron chi connectivity index (χ0n) is 10.1. The number of ether oxygens (including phenoxy) is 1. The quantitative estimate of drug-likeness (QED) is 0.819. The molecule has 0 amide bonds. The molecule has 2 rings (SSSR count). The first-order valence-electron chi connectivity index (χ1n) is 5.31. The van der Waals surface area contributed by atoms with Crippen LogP contribution in [-0.4, -0.2) is 24.1 Å². The minimum atomic E-state index is -0.674. The maximum Gasteiger partial charge on any atom is 0.322 e. The van der Waals surface area contributed by atoms with Crippen molar-refractivity contribution in [3.05, 3.63) is 33.4 Å². The maximum atomic E-state index is 11.3. The zero-order valence-corrected chi connectivity index (χ0v) is 13.2. The third kappa shape index (κ3) is 3.42. The third-order valence-electron chi connectivity index (χ3n) is 2.74. The van der Waals surface area contributed by atoms with Crippen LogP contribution in [0.25, 0.3) is 10.9 Å². The molecule has 1 unspecified atom stereocenters. The van der Waals surface area contributed by atoms with Gasteiger partial charge < -0.3 is 15.5 Å². The van der Waals surface area contributed by atoms with Crippen molar-refractivity contribution >= 4 is 56.8 Å². The Labute approximate surface area is 130 Å². The number of aromatic amines is 1. The molecule has 1 heterocycles. The lowest BCUT2D eigenvalue weighted by Gasteiger charge is -2.08. The number of methoxy groups -OCH3 is 1. The van der Waals surface area contributed by atoms with Gasteiger partial charge in [-0.15, -0.1) is 12.4 Å². The summed E-state index contributed by atoms with van der Waals surface area (Å²) in [7, 11) is 1.32. The molecule has 19 heavy (non-hydrogen) atoms. The second-order valence-corrected chi connectivity index (χ2v) is 5.28. The van der Waals surface area contributed by atoms with Crippen LogP contribution in [0.1, 0.15) is 5.56 Å². The van der Waals surface area contributed by atoms with E-state index in [9.17, 15) is 4.79 Å². The Kier molecular flexibility index (Phi) is 5.67. The molecule has 7 heteroatoms. The van der Waals surface area contributed by atoms with Crippen molar-refractivity contribution in [2.45, 2.75) is 12.5 Å². The van der Waals surface area contributed by atoms with Crippen LogP contribution in [0.4, 0.5) is 0 Å². The molecule has 0 aliphatic rings. The van der Waals surface area contributed by atoms with Crippen LogP contribution in [0.2, 0.25) is 5.02 Å². The molecule has 2 aromatic rings. The number of halogens is 3. The van der Waals surface area contributed by atoms with E-state index in [-0.39, 0.29) is 12.4 Å². The Bertz CT molecular complexity index is 601. The number of rotatable bonds is 3. The number of nitrogens with two attached hydrogens (primary N) is 1. The molecule has 3 N–H and O–H groups in total. The lowest BCUT2D eigenvalue weighted by molar-refractivity contribution is -0.142. The van der Waals surface area contributed by atoms with E-state index in [1.54, 1.807) is 0 Å². The normalized spacial score (nSPS) is 12.0. The van der Waals surface area contributed by atoms with Crippen LogP contribution in [0.3, 0.4) is 0 Å². The van der Waals surface area contributed by atoms with Gasteiger partial charge in [0.2, 0.25) is 0 Å². The molecule has 0 saturated carbocycles. The van der Waals surface area contributed by atoms with Crippen LogP contribution in [0.15, 0.2) is 22.8 Å². The second kappa shape index (κ2) is 6.61. The van der Waals surface area contributed by atoms with Gasteiger partial charge in [-0.25, -0.2) is 0 Å². The first-order chi connectivity index (χ1) is 8.52. The summed E-state index contributed by atoms with van der Waals surface area (Å²) in [6.07, 6.45) is 2.21. The molecule has 104 valence electrons. The molecule has 0 saturated heterocycles. The van der Waals surface area contributed by atoms with E-state index in [1.807, 2.05) is 18.3 Å². The summed E-state index contributed by atoms with van der Waals surface area (Å²) in [6, 6.07) is 3.08. The van der Waals surface area contributed by atoms with Gasteiger partial charge in [0.15, 0.2) is 0 Å². The van der Waals surface area contributed by atoms with E-state index >= 15 is 0 Å². The molecule has 1 aromatic heterocycles. The number of H-pyrrole nitrogens is 1. The number of carbonyl (C=O) groups excluding carboxylic acids is 1. The predicted molar refractivity (Wildman–Crippen MR) is 82.0 cm³/mol. The molecule has 1 aromatic carbocycles. The van der Waals surface area contributed by atoms with Gasteiger partial charge in [0.1, 0.15) is 6.04 Å². The highest BCUT2D eigenvalue weighted by molar-refractivity contribution is 9.10. The summed E-state index contributed by atoms with van der Waals surface area (Å²) in [6.45, 7) is 0. The number of hydrogen-bond acceptors (Lipinski definition) is 3. The highest BCUT2D eigenvalue weighted by Crippen LogP contribution is 2.30.